The third kappa shape index (κ3) is 2.99. The topological polar surface area (TPSA) is 12.0 Å². The molecule has 0 radical (unpaired) electrons. The third-order valence-electron chi connectivity index (χ3n) is 2.56. The number of hydrogen-bond donors (Lipinski definition) is 1. The molecule has 1 atom stereocenters. The van der Waals surface area contributed by atoms with Crippen LogP contribution in [0.2, 0.25) is 8.67 Å². The fraction of sp³-hybridized carbons (Fsp3) is 0.167. The van der Waals surface area contributed by atoms with Gasteiger partial charge in [-0.3, -0.25) is 0 Å². The van der Waals surface area contributed by atoms with Crippen molar-refractivity contribution in [3.05, 3.63) is 49.9 Å². The number of thiophene rings is 1. The lowest BCUT2D eigenvalue weighted by molar-refractivity contribution is 0.448. The molecule has 7 heteroatoms. The monoisotopic (exact) mass is 325 g/mol. The van der Waals surface area contributed by atoms with Crippen LogP contribution in [0.4, 0.5) is 18.9 Å². The maximum atomic E-state index is 13.5. The molecule has 0 amide bonds. The van der Waals surface area contributed by atoms with Gasteiger partial charge in [0, 0.05) is 5.56 Å². The summed E-state index contributed by atoms with van der Waals surface area (Å²) < 4.78 is 40.4. The first-order valence-electron chi connectivity index (χ1n) is 5.25. The van der Waals surface area contributed by atoms with Gasteiger partial charge in [0.15, 0.2) is 17.5 Å². The summed E-state index contributed by atoms with van der Waals surface area (Å²) >= 11 is 13.0. The third-order valence-corrected chi connectivity index (χ3v) is 4.07. The molecular weight excluding hydrogens is 318 g/mol. The van der Waals surface area contributed by atoms with E-state index < -0.39 is 23.5 Å². The molecule has 2 rings (SSSR count). The molecule has 0 saturated heterocycles. The SMILES string of the molecule is CC(Nc1ccc(F)c(F)c1F)c1cc(Cl)sc1Cl. The van der Waals surface area contributed by atoms with Crippen molar-refractivity contribution >= 4 is 40.2 Å². The summed E-state index contributed by atoms with van der Waals surface area (Å²) in [5, 5.41) is 2.73. The van der Waals surface area contributed by atoms with Gasteiger partial charge in [-0.05, 0) is 25.1 Å². The molecule has 0 spiro atoms. The maximum Gasteiger partial charge on any atom is 0.196 e. The first kappa shape index (κ1) is 14.5. The van der Waals surface area contributed by atoms with Crippen LogP contribution in [-0.2, 0) is 0 Å². The summed E-state index contributed by atoms with van der Waals surface area (Å²) in [6.45, 7) is 1.71. The normalized spacial score (nSPS) is 12.5. The number of rotatable bonds is 3. The number of halogens is 5. The zero-order valence-corrected chi connectivity index (χ0v) is 11.9. The fourth-order valence-corrected chi connectivity index (χ4v) is 3.24. The van der Waals surface area contributed by atoms with Gasteiger partial charge in [-0.2, -0.15) is 0 Å². The van der Waals surface area contributed by atoms with Crippen molar-refractivity contribution in [1.29, 1.82) is 0 Å². The Morgan fingerprint density at radius 2 is 1.84 bits per heavy atom. The lowest BCUT2D eigenvalue weighted by atomic mass is 10.1. The summed E-state index contributed by atoms with van der Waals surface area (Å²) in [5.74, 6) is -4.00. The minimum Gasteiger partial charge on any atom is -0.376 e. The van der Waals surface area contributed by atoms with Gasteiger partial charge in [0.25, 0.3) is 0 Å². The Bertz CT molecular complexity index is 615. The van der Waals surface area contributed by atoms with Crippen molar-refractivity contribution in [3.8, 4) is 0 Å². The van der Waals surface area contributed by atoms with Crippen molar-refractivity contribution < 1.29 is 13.2 Å². The molecule has 102 valence electrons. The van der Waals surface area contributed by atoms with Gasteiger partial charge in [-0.1, -0.05) is 23.2 Å². The molecule has 0 aliphatic rings. The van der Waals surface area contributed by atoms with Gasteiger partial charge >= 0.3 is 0 Å². The molecule has 19 heavy (non-hydrogen) atoms. The van der Waals surface area contributed by atoms with Gasteiger partial charge in [0.1, 0.15) is 0 Å². The van der Waals surface area contributed by atoms with E-state index in [2.05, 4.69) is 5.32 Å². The van der Waals surface area contributed by atoms with Crippen molar-refractivity contribution in [3.63, 3.8) is 0 Å². The summed E-state index contributed by atoms with van der Waals surface area (Å²) in [4.78, 5) is 0. The molecule has 1 aromatic heterocycles. The lowest BCUT2D eigenvalue weighted by Gasteiger charge is -2.15. The first-order valence-corrected chi connectivity index (χ1v) is 6.82. The Morgan fingerprint density at radius 1 is 1.16 bits per heavy atom. The Hall–Kier alpha value is -0.910. The van der Waals surface area contributed by atoms with Gasteiger partial charge in [-0.25, -0.2) is 13.2 Å². The van der Waals surface area contributed by atoms with Crippen LogP contribution in [0.5, 0.6) is 0 Å². The van der Waals surface area contributed by atoms with E-state index in [1.54, 1.807) is 13.0 Å². The highest BCUT2D eigenvalue weighted by Gasteiger charge is 2.18. The Labute approximate surface area is 122 Å². The first-order chi connectivity index (χ1) is 8.90. The second kappa shape index (κ2) is 5.61. The predicted molar refractivity (Wildman–Crippen MR) is 72.7 cm³/mol. The lowest BCUT2D eigenvalue weighted by Crippen LogP contribution is -2.09. The minimum atomic E-state index is -1.51. The summed E-state index contributed by atoms with van der Waals surface area (Å²) in [7, 11) is 0. The maximum absolute atomic E-state index is 13.5. The summed E-state index contributed by atoms with van der Waals surface area (Å²) in [5.41, 5.74) is 0.533. The number of benzene rings is 1. The Kier molecular flexibility index (Phi) is 4.28. The quantitative estimate of drug-likeness (QED) is 0.719. The Morgan fingerprint density at radius 3 is 2.42 bits per heavy atom. The average molecular weight is 326 g/mol. The molecule has 1 unspecified atom stereocenters. The molecule has 1 N–H and O–H groups in total. The van der Waals surface area contributed by atoms with Crippen LogP contribution in [-0.4, -0.2) is 0 Å². The molecule has 2 aromatic rings. The van der Waals surface area contributed by atoms with Crippen LogP contribution in [0.1, 0.15) is 18.5 Å². The molecule has 1 aromatic carbocycles. The van der Waals surface area contributed by atoms with E-state index in [0.29, 0.717) is 14.2 Å². The van der Waals surface area contributed by atoms with Gasteiger partial charge in [0.2, 0.25) is 0 Å². The van der Waals surface area contributed by atoms with Crippen LogP contribution in [0.3, 0.4) is 0 Å². The number of anilines is 1. The van der Waals surface area contributed by atoms with E-state index in [1.807, 2.05) is 0 Å². The van der Waals surface area contributed by atoms with Crippen molar-refractivity contribution in [2.45, 2.75) is 13.0 Å². The van der Waals surface area contributed by atoms with Gasteiger partial charge in [-0.15, -0.1) is 11.3 Å². The minimum absolute atomic E-state index is 0.134. The standard InChI is InChI=1S/C12H8Cl2F3NS/c1-5(6-4-9(13)19-12(6)14)18-8-3-2-7(15)10(16)11(8)17/h2-5,18H,1H3. The molecular formula is C12H8Cl2F3NS. The zero-order chi connectivity index (χ0) is 14.2. The highest BCUT2D eigenvalue weighted by molar-refractivity contribution is 7.20. The van der Waals surface area contributed by atoms with Crippen LogP contribution < -0.4 is 5.32 Å². The van der Waals surface area contributed by atoms with E-state index in [0.717, 1.165) is 12.1 Å². The van der Waals surface area contributed by atoms with Crippen LogP contribution in [0.25, 0.3) is 0 Å². The van der Waals surface area contributed by atoms with Crippen molar-refractivity contribution in [2.24, 2.45) is 0 Å². The highest BCUT2D eigenvalue weighted by Crippen LogP contribution is 2.36. The predicted octanol–water partition coefficient (Wildman–Crippen LogP) is 5.65. The fourth-order valence-electron chi connectivity index (χ4n) is 1.60. The summed E-state index contributed by atoms with van der Waals surface area (Å²) in [6.07, 6.45) is 0. The van der Waals surface area contributed by atoms with E-state index in [9.17, 15) is 13.2 Å². The molecule has 1 heterocycles. The molecule has 0 saturated carbocycles. The van der Waals surface area contributed by atoms with E-state index in [1.165, 1.54) is 11.3 Å². The van der Waals surface area contributed by atoms with Gasteiger partial charge < -0.3 is 5.32 Å². The van der Waals surface area contributed by atoms with Crippen molar-refractivity contribution in [1.82, 2.24) is 0 Å². The van der Waals surface area contributed by atoms with E-state index in [-0.39, 0.29) is 5.69 Å². The summed E-state index contributed by atoms with van der Waals surface area (Å²) in [6, 6.07) is 3.24. The van der Waals surface area contributed by atoms with Gasteiger partial charge in [0.05, 0.1) is 20.4 Å². The van der Waals surface area contributed by atoms with Crippen LogP contribution in [0, 0.1) is 17.5 Å². The second-order valence-electron chi connectivity index (χ2n) is 3.87. The second-order valence-corrected chi connectivity index (χ2v) is 6.15. The number of nitrogens with one attached hydrogen (secondary N) is 1. The molecule has 0 bridgehead atoms. The van der Waals surface area contributed by atoms with E-state index >= 15 is 0 Å². The highest BCUT2D eigenvalue weighted by atomic mass is 35.5. The number of hydrogen-bond acceptors (Lipinski definition) is 2. The van der Waals surface area contributed by atoms with E-state index in [4.69, 9.17) is 23.2 Å². The molecule has 0 aliphatic heterocycles. The van der Waals surface area contributed by atoms with Crippen LogP contribution in [0.15, 0.2) is 18.2 Å². The molecule has 0 aliphatic carbocycles. The smallest absolute Gasteiger partial charge is 0.196 e. The Balaban J connectivity index is 2.27. The van der Waals surface area contributed by atoms with Crippen LogP contribution >= 0.6 is 34.5 Å². The zero-order valence-electron chi connectivity index (χ0n) is 9.61. The molecule has 0 fully saturated rings. The molecule has 1 nitrogen and oxygen atoms in total. The average Bonchev–Trinajstić information content (AvgIpc) is 2.69. The largest absolute Gasteiger partial charge is 0.376 e. The van der Waals surface area contributed by atoms with Crippen molar-refractivity contribution in [2.75, 3.05) is 5.32 Å².